The third kappa shape index (κ3) is 1.90. The Labute approximate surface area is 85.5 Å². The van der Waals surface area contributed by atoms with Crippen LogP contribution in [-0.4, -0.2) is 26.3 Å². The van der Waals surface area contributed by atoms with Crippen LogP contribution in [-0.2, 0) is 4.74 Å². The van der Waals surface area contributed by atoms with Crippen molar-refractivity contribution >= 4 is 5.69 Å². The topological polar surface area (TPSA) is 12.5 Å². The molecule has 0 aromatic heterocycles. The van der Waals surface area contributed by atoms with Crippen LogP contribution in [0, 0.1) is 13.8 Å². The Hall–Kier alpha value is -1.02. The van der Waals surface area contributed by atoms with Crippen molar-refractivity contribution in [2.75, 3.05) is 31.2 Å². The van der Waals surface area contributed by atoms with Gasteiger partial charge in [0.2, 0.25) is 0 Å². The van der Waals surface area contributed by atoms with Crippen LogP contribution in [0.4, 0.5) is 5.69 Å². The summed E-state index contributed by atoms with van der Waals surface area (Å²) in [4.78, 5) is 2.38. The fourth-order valence-corrected chi connectivity index (χ4v) is 1.74. The lowest BCUT2D eigenvalue weighted by atomic mass is 10.1. The summed E-state index contributed by atoms with van der Waals surface area (Å²) in [6, 6.07) is 6.66. The van der Waals surface area contributed by atoms with E-state index in [9.17, 15) is 0 Å². The molecule has 2 heteroatoms. The molecule has 0 radical (unpaired) electrons. The zero-order valence-corrected chi connectivity index (χ0v) is 8.92. The maximum absolute atomic E-state index is 5.33. The highest BCUT2D eigenvalue weighted by molar-refractivity contribution is 5.50. The molecule has 1 aromatic rings. The normalized spacial score (nSPS) is 17.1. The van der Waals surface area contributed by atoms with Crippen LogP contribution in [0.5, 0.6) is 0 Å². The van der Waals surface area contributed by atoms with Crippen molar-refractivity contribution in [1.82, 2.24) is 0 Å². The third-order valence-electron chi connectivity index (χ3n) is 2.87. The highest BCUT2D eigenvalue weighted by Crippen LogP contribution is 2.19. The van der Waals surface area contributed by atoms with Crippen LogP contribution in [0.15, 0.2) is 18.2 Å². The van der Waals surface area contributed by atoms with Gasteiger partial charge in [-0.1, -0.05) is 6.07 Å². The van der Waals surface area contributed by atoms with Crippen molar-refractivity contribution in [3.8, 4) is 0 Å². The van der Waals surface area contributed by atoms with Crippen LogP contribution in [0.1, 0.15) is 11.1 Å². The summed E-state index contributed by atoms with van der Waals surface area (Å²) in [5, 5.41) is 0. The van der Waals surface area contributed by atoms with E-state index in [1.807, 2.05) is 0 Å². The van der Waals surface area contributed by atoms with E-state index in [2.05, 4.69) is 36.9 Å². The van der Waals surface area contributed by atoms with Crippen LogP contribution < -0.4 is 4.90 Å². The average Bonchev–Trinajstić information content (AvgIpc) is 2.23. The van der Waals surface area contributed by atoms with E-state index < -0.39 is 0 Å². The standard InChI is InChI=1S/C12H17NO/c1-10-3-4-12(9-11(10)2)13-5-7-14-8-6-13/h3-4,9H,5-8H2,1-2H3. The van der Waals surface area contributed by atoms with Gasteiger partial charge in [-0.15, -0.1) is 0 Å². The maximum Gasteiger partial charge on any atom is 0.0642 e. The summed E-state index contributed by atoms with van der Waals surface area (Å²) in [5.74, 6) is 0. The SMILES string of the molecule is Cc1ccc(N2CCOCC2)cc1C. The Morgan fingerprint density at radius 1 is 1.07 bits per heavy atom. The van der Waals surface area contributed by atoms with E-state index in [0.29, 0.717) is 0 Å². The summed E-state index contributed by atoms with van der Waals surface area (Å²) in [7, 11) is 0. The van der Waals surface area contributed by atoms with Gasteiger partial charge >= 0.3 is 0 Å². The predicted octanol–water partition coefficient (Wildman–Crippen LogP) is 2.14. The van der Waals surface area contributed by atoms with Gasteiger partial charge in [0, 0.05) is 18.8 Å². The molecule has 1 aromatic carbocycles. The molecule has 1 saturated heterocycles. The molecule has 2 nitrogen and oxygen atoms in total. The minimum absolute atomic E-state index is 0.854. The van der Waals surface area contributed by atoms with E-state index in [1.54, 1.807) is 0 Å². The fourth-order valence-electron chi connectivity index (χ4n) is 1.74. The molecule has 0 amide bonds. The van der Waals surface area contributed by atoms with Gasteiger partial charge in [0.15, 0.2) is 0 Å². The first-order valence-electron chi connectivity index (χ1n) is 5.17. The monoisotopic (exact) mass is 191 g/mol. The number of hydrogen-bond donors (Lipinski definition) is 0. The first kappa shape index (κ1) is 9.53. The molecule has 2 rings (SSSR count). The number of rotatable bonds is 1. The molecule has 0 unspecified atom stereocenters. The molecule has 14 heavy (non-hydrogen) atoms. The second-order valence-corrected chi connectivity index (χ2v) is 3.87. The average molecular weight is 191 g/mol. The molecule has 1 aliphatic rings. The van der Waals surface area contributed by atoms with E-state index in [1.165, 1.54) is 16.8 Å². The number of anilines is 1. The molecule has 0 atom stereocenters. The maximum atomic E-state index is 5.33. The molecular weight excluding hydrogens is 174 g/mol. The third-order valence-corrected chi connectivity index (χ3v) is 2.87. The molecule has 0 N–H and O–H groups in total. The molecule has 0 bridgehead atoms. The molecule has 76 valence electrons. The summed E-state index contributed by atoms with van der Waals surface area (Å²) < 4.78 is 5.33. The minimum atomic E-state index is 0.854. The molecule has 1 heterocycles. The Morgan fingerprint density at radius 3 is 2.43 bits per heavy atom. The summed E-state index contributed by atoms with van der Waals surface area (Å²) in [5.41, 5.74) is 4.06. The van der Waals surface area contributed by atoms with Crippen molar-refractivity contribution in [2.45, 2.75) is 13.8 Å². The highest BCUT2D eigenvalue weighted by Gasteiger charge is 2.10. The first-order chi connectivity index (χ1) is 6.77. The van der Waals surface area contributed by atoms with Crippen molar-refractivity contribution in [3.05, 3.63) is 29.3 Å². The summed E-state index contributed by atoms with van der Waals surface area (Å²) in [6.07, 6.45) is 0. The largest absolute Gasteiger partial charge is 0.378 e. The zero-order valence-electron chi connectivity index (χ0n) is 8.92. The van der Waals surface area contributed by atoms with Gasteiger partial charge < -0.3 is 9.64 Å². The molecular formula is C12H17NO. The van der Waals surface area contributed by atoms with E-state index in [0.717, 1.165) is 26.3 Å². The van der Waals surface area contributed by atoms with Crippen LogP contribution >= 0.6 is 0 Å². The van der Waals surface area contributed by atoms with Crippen molar-refractivity contribution in [1.29, 1.82) is 0 Å². The lowest BCUT2D eigenvalue weighted by Crippen LogP contribution is -2.36. The Kier molecular flexibility index (Phi) is 2.73. The molecule has 0 aliphatic carbocycles. The quantitative estimate of drug-likeness (QED) is 0.674. The smallest absolute Gasteiger partial charge is 0.0642 e. The summed E-state index contributed by atoms with van der Waals surface area (Å²) >= 11 is 0. The zero-order chi connectivity index (χ0) is 9.97. The Morgan fingerprint density at radius 2 is 1.79 bits per heavy atom. The molecule has 0 spiro atoms. The van der Waals surface area contributed by atoms with Gasteiger partial charge in [0.1, 0.15) is 0 Å². The van der Waals surface area contributed by atoms with Crippen molar-refractivity contribution in [2.24, 2.45) is 0 Å². The number of aryl methyl sites for hydroxylation is 2. The van der Waals surface area contributed by atoms with Gasteiger partial charge in [-0.25, -0.2) is 0 Å². The van der Waals surface area contributed by atoms with Crippen LogP contribution in [0.2, 0.25) is 0 Å². The molecule has 1 aliphatic heterocycles. The second kappa shape index (κ2) is 4.01. The molecule has 1 fully saturated rings. The van der Waals surface area contributed by atoms with E-state index in [4.69, 9.17) is 4.74 Å². The second-order valence-electron chi connectivity index (χ2n) is 3.87. The number of nitrogens with zero attached hydrogens (tertiary/aromatic N) is 1. The molecule has 0 saturated carbocycles. The number of morpholine rings is 1. The van der Waals surface area contributed by atoms with Gasteiger partial charge in [-0.05, 0) is 37.1 Å². The number of benzene rings is 1. The van der Waals surface area contributed by atoms with Crippen molar-refractivity contribution < 1.29 is 4.74 Å². The Balaban J connectivity index is 2.18. The highest BCUT2D eigenvalue weighted by atomic mass is 16.5. The van der Waals surface area contributed by atoms with Gasteiger partial charge in [-0.3, -0.25) is 0 Å². The predicted molar refractivity (Wildman–Crippen MR) is 58.9 cm³/mol. The van der Waals surface area contributed by atoms with E-state index in [-0.39, 0.29) is 0 Å². The Bertz CT molecular complexity index is 316. The fraction of sp³-hybridized carbons (Fsp3) is 0.500. The van der Waals surface area contributed by atoms with Gasteiger partial charge in [0.25, 0.3) is 0 Å². The lowest BCUT2D eigenvalue weighted by Gasteiger charge is -2.29. The van der Waals surface area contributed by atoms with E-state index >= 15 is 0 Å². The van der Waals surface area contributed by atoms with Crippen LogP contribution in [0.3, 0.4) is 0 Å². The van der Waals surface area contributed by atoms with Crippen LogP contribution in [0.25, 0.3) is 0 Å². The summed E-state index contributed by atoms with van der Waals surface area (Å²) in [6.45, 7) is 8.06. The van der Waals surface area contributed by atoms with Gasteiger partial charge in [-0.2, -0.15) is 0 Å². The van der Waals surface area contributed by atoms with Gasteiger partial charge in [0.05, 0.1) is 13.2 Å². The van der Waals surface area contributed by atoms with Crippen molar-refractivity contribution in [3.63, 3.8) is 0 Å². The number of ether oxygens (including phenoxy) is 1. The number of hydrogen-bond acceptors (Lipinski definition) is 2. The minimum Gasteiger partial charge on any atom is -0.378 e. The first-order valence-corrected chi connectivity index (χ1v) is 5.17. The lowest BCUT2D eigenvalue weighted by molar-refractivity contribution is 0.122.